The molecule has 0 atom stereocenters. The van der Waals surface area contributed by atoms with Crippen molar-refractivity contribution in [1.82, 2.24) is 9.78 Å². The molecule has 11 heteroatoms. The first-order valence-corrected chi connectivity index (χ1v) is 9.08. The second-order valence-corrected chi connectivity index (χ2v) is 8.55. The molecule has 0 amide bonds. The highest BCUT2D eigenvalue weighted by Crippen LogP contribution is 2.26. The van der Waals surface area contributed by atoms with E-state index in [1.807, 2.05) is 4.72 Å². The molecule has 1 aromatic rings. The van der Waals surface area contributed by atoms with Gasteiger partial charge in [0.1, 0.15) is 0 Å². The number of hydrogen-bond acceptors (Lipinski definition) is 4. The largest absolute Gasteiger partial charge is 0.350 e. The molecule has 0 radical (unpaired) electrons. The van der Waals surface area contributed by atoms with Crippen molar-refractivity contribution >= 4 is 25.6 Å². The first kappa shape index (κ1) is 15.2. The van der Waals surface area contributed by atoms with Crippen LogP contribution in [0.15, 0.2) is 9.96 Å². The molecule has 2 rings (SSSR count). The maximum Gasteiger partial charge on any atom is 0.350 e. The Morgan fingerprint density at radius 3 is 2.60 bits per heavy atom. The minimum atomic E-state index is -4.31. The van der Waals surface area contributed by atoms with Crippen molar-refractivity contribution in [2.45, 2.75) is 19.3 Å². The Kier molecular flexibility index (Phi) is 4.00. The second-order valence-electron chi connectivity index (χ2n) is 4.44. The average molecular weight is 328 g/mol. The summed E-state index contributed by atoms with van der Waals surface area (Å²) in [4.78, 5) is 0. The van der Waals surface area contributed by atoms with Crippen LogP contribution in [-0.4, -0.2) is 33.9 Å². The number of alkyl halides is 2. The predicted octanol–water partition coefficient (Wildman–Crippen LogP) is 1.28. The lowest BCUT2D eigenvalue weighted by atomic mass is 10.4. The standard InChI is InChI=1S/C9H14F2N4O3S2/c1-15-6-7(8(12-15)9(10)11)13-20(17,18)14-19(16)4-2-3-5-19/h6,9,13H,2-5H2,1H3. The van der Waals surface area contributed by atoms with Gasteiger partial charge in [0.25, 0.3) is 6.43 Å². The summed E-state index contributed by atoms with van der Waals surface area (Å²) >= 11 is 0. The molecule has 0 unspecified atom stereocenters. The SMILES string of the molecule is Cn1cc(NS(=O)(=O)N=S2(=O)CCCC2)c(C(F)F)n1. The molecular weight excluding hydrogens is 314 g/mol. The van der Waals surface area contributed by atoms with E-state index in [1.54, 1.807) is 0 Å². The van der Waals surface area contributed by atoms with E-state index < -0.39 is 32.1 Å². The Labute approximate surface area is 115 Å². The summed E-state index contributed by atoms with van der Waals surface area (Å²) in [6.45, 7) is 0. The van der Waals surface area contributed by atoms with Crippen molar-refractivity contribution in [3.63, 3.8) is 0 Å². The summed E-state index contributed by atoms with van der Waals surface area (Å²) in [6.07, 6.45) is -0.523. The van der Waals surface area contributed by atoms with Crippen LogP contribution < -0.4 is 4.72 Å². The molecule has 114 valence electrons. The third kappa shape index (κ3) is 3.45. The fourth-order valence-corrected chi connectivity index (χ4v) is 6.04. The molecule has 0 spiro atoms. The van der Waals surface area contributed by atoms with Gasteiger partial charge < -0.3 is 0 Å². The number of aromatic nitrogens is 2. The van der Waals surface area contributed by atoms with E-state index in [0.717, 1.165) is 10.9 Å². The lowest BCUT2D eigenvalue weighted by molar-refractivity contribution is 0.146. The van der Waals surface area contributed by atoms with Crippen LogP contribution in [0.1, 0.15) is 25.0 Å². The lowest BCUT2D eigenvalue weighted by Gasteiger charge is -2.05. The van der Waals surface area contributed by atoms with Gasteiger partial charge in [-0.3, -0.25) is 9.40 Å². The molecule has 2 heterocycles. The van der Waals surface area contributed by atoms with Gasteiger partial charge in [-0.05, 0) is 12.8 Å². The van der Waals surface area contributed by atoms with Crippen molar-refractivity contribution in [2.75, 3.05) is 16.2 Å². The monoisotopic (exact) mass is 328 g/mol. The summed E-state index contributed by atoms with van der Waals surface area (Å²) in [5, 5.41) is 3.47. The molecule has 7 nitrogen and oxygen atoms in total. The Hall–Kier alpha value is -1.23. The molecule has 1 saturated heterocycles. The number of aryl methyl sites for hydroxylation is 1. The van der Waals surface area contributed by atoms with Crippen LogP contribution in [0.5, 0.6) is 0 Å². The van der Waals surface area contributed by atoms with Gasteiger partial charge in [-0.2, -0.15) is 13.5 Å². The van der Waals surface area contributed by atoms with Crippen molar-refractivity contribution < 1.29 is 21.4 Å². The Morgan fingerprint density at radius 2 is 2.05 bits per heavy atom. The zero-order valence-corrected chi connectivity index (χ0v) is 12.3. The van der Waals surface area contributed by atoms with Gasteiger partial charge in [0.15, 0.2) is 5.69 Å². The van der Waals surface area contributed by atoms with Gasteiger partial charge in [-0.1, -0.05) is 3.77 Å². The van der Waals surface area contributed by atoms with E-state index in [0.29, 0.717) is 12.8 Å². The molecular formula is C9H14F2N4O3S2. The van der Waals surface area contributed by atoms with Gasteiger partial charge in [-0.15, -0.1) is 0 Å². The van der Waals surface area contributed by atoms with Crippen molar-refractivity contribution in [1.29, 1.82) is 0 Å². The molecule has 1 fully saturated rings. The summed E-state index contributed by atoms with van der Waals surface area (Å²) in [7, 11) is -5.72. The molecule has 1 N–H and O–H groups in total. The van der Waals surface area contributed by atoms with Crippen LogP contribution >= 0.6 is 0 Å². The first-order chi connectivity index (χ1) is 9.21. The van der Waals surface area contributed by atoms with Gasteiger partial charge in [0.2, 0.25) is 0 Å². The van der Waals surface area contributed by atoms with E-state index in [2.05, 4.69) is 8.87 Å². The van der Waals surface area contributed by atoms with E-state index in [-0.39, 0.29) is 17.2 Å². The maximum absolute atomic E-state index is 12.7. The third-order valence-corrected chi connectivity index (χ3v) is 6.92. The normalized spacial score (nSPS) is 18.4. The summed E-state index contributed by atoms with van der Waals surface area (Å²) in [5.74, 6) is 0.422. The molecule has 0 bridgehead atoms. The van der Waals surface area contributed by atoms with Crippen molar-refractivity contribution in [3.8, 4) is 0 Å². The van der Waals surface area contributed by atoms with Crippen molar-refractivity contribution in [3.05, 3.63) is 11.9 Å². The zero-order chi connectivity index (χ0) is 15.0. The first-order valence-electron chi connectivity index (χ1n) is 5.79. The molecule has 0 aliphatic carbocycles. The number of anilines is 1. The van der Waals surface area contributed by atoms with E-state index in [1.165, 1.54) is 7.05 Å². The Bertz CT molecular complexity index is 708. The molecule has 1 aromatic heterocycles. The fourth-order valence-electron chi connectivity index (χ4n) is 1.91. The number of hydrogen-bond donors (Lipinski definition) is 1. The van der Waals surface area contributed by atoms with Gasteiger partial charge in [0, 0.05) is 24.8 Å². The zero-order valence-electron chi connectivity index (χ0n) is 10.6. The van der Waals surface area contributed by atoms with Crippen LogP contribution in [0.2, 0.25) is 0 Å². The Balaban J connectivity index is 2.32. The summed E-state index contributed by atoms with van der Waals surface area (Å²) in [6, 6.07) is 0. The van der Waals surface area contributed by atoms with Gasteiger partial charge in [0.05, 0.1) is 15.4 Å². The van der Waals surface area contributed by atoms with E-state index in [9.17, 15) is 21.4 Å². The maximum atomic E-state index is 12.7. The number of nitrogens with zero attached hydrogens (tertiary/aromatic N) is 3. The van der Waals surface area contributed by atoms with Gasteiger partial charge in [-0.25, -0.2) is 13.0 Å². The highest BCUT2D eigenvalue weighted by molar-refractivity contribution is 8.03. The third-order valence-electron chi connectivity index (χ3n) is 2.71. The highest BCUT2D eigenvalue weighted by atomic mass is 32.3. The average Bonchev–Trinajstić information content (AvgIpc) is 2.83. The minimum absolute atomic E-state index is 0.211. The van der Waals surface area contributed by atoms with Crippen molar-refractivity contribution in [2.24, 2.45) is 10.8 Å². The topological polar surface area (TPSA) is 93.4 Å². The molecule has 1 aliphatic heterocycles. The summed E-state index contributed by atoms with van der Waals surface area (Å²) in [5.41, 5.74) is -1.04. The smallest absolute Gasteiger partial charge is 0.273 e. The molecule has 20 heavy (non-hydrogen) atoms. The number of halogens is 2. The van der Waals surface area contributed by atoms with E-state index >= 15 is 0 Å². The highest BCUT2D eigenvalue weighted by Gasteiger charge is 2.24. The molecule has 0 aromatic carbocycles. The van der Waals surface area contributed by atoms with Crippen LogP contribution in [0.25, 0.3) is 0 Å². The fraction of sp³-hybridized carbons (Fsp3) is 0.667. The number of nitrogens with one attached hydrogen (secondary N) is 1. The van der Waals surface area contributed by atoms with Crippen LogP contribution in [0.3, 0.4) is 0 Å². The number of rotatable bonds is 4. The lowest BCUT2D eigenvalue weighted by Crippen LogP contribution is -2.14. The van der Waals surface area contributed by atoms with Crippen LogP contribution in [-0.2, 0) is 27.0 Å². The minimum Gasteiger partial charge on any atom is -0.273 e. The Morgan fingerprint density at radius 1 is 1.45 bits per heavy atom. The van der Waals surface area contributed by atoms with Crippen LogP contribution in [0, 0.1) is 0 Å². The van der Waals surface area contributed by atoms with Gasteiger partial charge >= 0.3 is 10.2 Å². The summed E-state index contributed by atoms with van der Waals surface area (Å²) < 4.78 is 67.4. The molecule has 0 saturated carbocycles. The predicted molar refractivity (Wildman–Crippen MR) is 70.2 cm³/mol. The van der Waals surface area contributed by atoms with E-state index in [4.69, 9.17) is 0 Å². The quantitative estimate of drug-likeness (QED) is 0.901. The van der Waals surface area contributed by atoms with Crippen LogP contribution in [0.4, 0.5) is 14.5 Å². The second kappa shape index (κ2) is 5.28. The molecule has 1 aliphatic rings.